The molecule has 0 radical (unpaired) electrons. The first-order valence-corrected chi connectivity index (χ1v) is 10.5. The summed E-state index contributed by atoms with van der Waals surface area (Å²) in [7, 11) is -0.674. The van der Waals surface area contributed by atoms with E-state index in [0.29, 0.717) is 25.3 Å². The maximum absolute atomic E-state index is 13.1. The molecule has 4 rings (SSSR count). The predicted octanol–water partition coefficient (Wildman–Crippen LogP) is 3.66. The number of para-hydroxylation sites is 1. The maximum atomic E-state index is 13.1. The van der Waals surface area contributed by atoms with Gasteiger partial charge in [-0.25, -0.2) is 8.42 Å². The summed E-state index contributed by atoms with van der Waals surface area (Å²) in [5, 5.41) is 1.15. The molecule has 1 N–H and O–H groups in total. The molecular formula is C21H22N2O4S. The zero-order chi connectivity index (χ0) is 19.7. The fourth-order valence-corrected chi connectivity index (χ4v) is 5.09. The summed E-state index contributed by atoms with van der Waals surface area (Å²) in [4.78, 5) is 3.43. The third kappa shape index (κ3) is 3.16. The van der Waals surface area contributed by atoms with E-state index in [9.17, 15) is 8.42 Å². The van der Waals surface area contributed by atoms with Crippen molar-refractivity contribution in [1.29, 1.82) is 0 Å². The van der Waals surface area contributed by atoms with Crippen molar-refractivity contribution < 1.29 is 17.9 Å². The molecule has 146 valence electrons. The number of methoxy groups -OCH3 is 2. The molecule has 7 heteroatoms. The largest absolute Gasteiger partial charge is 0.497 e. The quantitative estimate of drug-likeness (QED) is 0.712. The molecule has 0 saturated heterocycles. The number of hydrogen-bond donors (Lipinski definition) is 1. The van der Waals surface area contributed by atoms with Gasteiger partial charge in [0.25, 0.3) is 0 Å². The van der Waals surface area contributed by atoms with Crippen LogP contribution in [0.4, 0.5) is 0 Å². The Balaban J connectivity index is 1.62. The van der Waals surface area contributed by atoms with E-state index in [-0.39, 0.29) is 10.6 Å². The van der Waals surface area contributed by atoms with E-state index in [1.54, 1.807) is 12.1 Å². The molecule has 0 amide bonds. The van der Waals surface area contributed by atoms with Crippen LogP contribution < -0.4 is 9.47 Å². The summed E-state index contributed by atoms with van der Waals surface area (Å²) in [5.74, 6) is 0.835. The van der Waals surface area contributed by atoms with Crippen LogP contribution in [0.15, 0.2) is 59.6 Å². The summed E-state index contributed by atoms with van der Waals surface area (Å²) >= 11 is 0. The van der Waals surface area contributed by atoms with E-state index in [1.165, 1.54) is 24.6 Å². The van der Waals surface area contributed by atoms with Gasteiger partial charge < -0.3 is 14.5 Å². The van der Waals surface area contributed by atoms with Crippen LogP contribution in [0.2, 0.25) is 0 Å². The highest BCUT2D eigenvalue weighted by Crippen LogP contribution is 2.34. The molecule has 0 saturated carbocycles. The van der Waals surface area contributed by atoms with E-state index >= 15 is 0 Å². The summed E-state index contributed by atoms with van der Waals surface area (Å²) in [6.45, 7) is 0.745. The molecule has 0 spiro atoms. The van der Waals surface area contributed by atoms with E-state index in [1.807, 2.05) is 30.5 Å². The second-order valence-electron chi connectivity index (χ2n) is 6.61. The highest BCUT2D eigenvalue weighted by atomic mass is 32.2. The lowest BCUT2D eigenvalue weighted by Crippen LogP contribution is -2.34. The average Bonchev–Trinajstić information content (AvgIpc) is 3.17. The van der Waals surface area contributed by atoms with Crippen LogP contribution in [0.1, 0.15) is 12.0 Å². The van der Waals surface area contributed by atoms with Crippen LogP contribution in [0.5, 0.6) is 11.5 Å². The monoisotopic (exact) mass is 398 g/mol. The minimum absolute atomic E-state index is 0.153. The number of sulfonamides is 1. The molecule has 0 atom stereocenters. The fraction of sp³-hybridized carbons (Fsp3) is 0.238. The van der Waals surface area contributed by atoms with Crippen molar-refractivity contribution in [3.05, 3.63) is 60.3 Å². The number of aromatic amines is 1. The summed E-state index contributed by atoms with van der Waals surface area (Å²) in [5.41, 5.74) is 3.37. The van der Waals surface area contributed by atoms with E-state index in [4.69, 9.17) is 9.47 Å². The van der Waals surface area contributed by atoms with Gasteiger partial charge in [-0.05, 0) is 30.2 Å². The fourth-order valence-electron chi connectivity index (χ4n) is 3.58. The maximum Gasteiger partial charge on any atom is 0.247 e. The Kier molecular flexibility index (Phi) is 4.87. The smallest absolute Gasteiger partial charge is 0.247 e. The number of hydrogen-bond acceptors (Lipinski definition) is 4. The van der Waals surface area contributed by atoms with Crippen molar-refractivity contribution in [2.75, 3.05) is 27.3 Å². The minimum Gasteiger partial charge on any atom is -0.497 e. The van der Waals surface area contributed by atoms with Gasteiger partial charge in [0.05, 0.1) is 14.2 Å². The number of nitrogens with zero attached hydrogens (tertiary/aromatic N) is 1. The van der Waals surface area contributed by atoms with Gasteiger partial charge in [-0.3, -0.25) is 0 Å². The molecule has 6 nitrogen and oxygen atoms in total. The second-order valence-corrected chi connectivity index (χ2v) is 8.51. The molecule has 0 bridgehead atoms. The zero-order valence-corrected chi connectivity index (χ0v) is 16.6. The first kappa shape index (κ1) is 18.6. The Morgan fingerprint density at radius 1 is 1.07 bits per heavy atom. The van der Waals surface area contributed by atoms with Crippen LogP contribution in [-0.4, -0.2) is 45.0 Å². The lowest BCUT2D eigenvalue weighted by molar-refractivity contribution is 0.382. The molecule has 28 heavy (non-hydrogen) atoms. The first-order valence-electron chi connectivity index (χ1n) is 9.02. The summed E-state index contributed by atoms with van der Waals surface area (Å²) < 4.78 is 38.2. The zero-order valence-electron chi connectivity index (χ0n) is 15.8. The van der Waals surface area contributed by atoms with Gasteiger partial charge in [-0.15, -0.1) is 0 Å². The third-order valence-electron chi connectivity index (χ3n) is 5.10. The van der Waals surface area contributed by atoms with E-state index < -0.39 is 10.0 Å². The molecule has 2 heterocycles. The summed E-state index contributed by atoms with van der Waals surface area (Å²) in [6, 6.07) is 12.9. The van der Waals surface area contributed by atoms with Crippen molar-refractivity contribution in [3.8, 4) is 11.5 Å². The van der Waals surface area contributed by atoms with Gasteiger partial charge in [0, 0.05) is 41.8 Å². The molecule has 0 unspecified atom stereocenters. The lowest BCUT2D eigenvalue weighted by atomic mass is 10.00. The minimum atomic E-state index is -3.66. The van der Waals surface area contributed by atoms with E-state index in [2.05, 4.69) is 11.1 Å². The van der Waals surface area contributed by atoms with Crippen molar-refractivity contribution in [2.24, 2.45) is 0 Å². The Labute approximate surface area is 164 Å². The van der Waals surface area contributed by atoms with Gasteiger partial charge in [-0.2, -0.15) is 4.31 Å². The average molecular weight is 398 g/mol. The second kappa shape index (κ2) is 7.33. The van der Waals surface area contributed by atoms with Crippen LogP contribution in [-0.2, 0) is 10.0 Å². The van der Waals surface area contributed by atoms with E-state index in [0.717, 1.165) is 22.0 Å². The Hall–Kier alpha value is -2.77. The van der Waals surface area contributed by atoms with Crippen molar-refractivity contribution in [1.82, 2.24) is 9.29 Å². The number of benzene rings is 2. The standard InChI is InChI=1S/C21H22N2O4S/c1-26-16-7-8-21(20(13-16)27-2)28(24,25)23-11-9-15(10-12-23)18-14-22-19-6-4-3-5-17(18)19/h3-9,13-14,22H,10-12H2,1-2H3. The number of nitrogens with one attached hydrogen (secondary N) is 1. The van der Waals surface area contributed by atoms with Crippen LogP contribution in [0.3, 0.4) is 0 Å². The van der Waals surface area contributed by atoms with Crippen LogP contribution in [0.25, 0.3) is 16.5 Å². The molecular weight excluding hydrogens is 376 g/mol. The SMILES string of the molecule is COc1ccc(S(=O)(=O)N2CC=C(c3c[nH]c4ccccc34)CC2)c(OC)c1. The van der Waals surface area contributed by atoms with Crippen molar-refractivity contribution in [2.45, 2.75) is 11.3 Å². The topological polar surface area (TPSA) is 71.6 Å². The number of fused-ring (bicyclic) bond motifs is 1. The number of aromatic nitrogens is 1. The molecule has 0 aliphatic carbocycles. The Bertz CT molecular complexity index is 1150. The van der Waals surface area contributed by atoms with Gasteiger partial charge >= 0.3 is 0 Å². The van der Waals surface area contributed by atoms with Gasteiger partial charge in [0.15, 0.2) is 0 Å². The third-order valence-corrected chi connectivity index (χ3v) is 7.00. The lowest BCUT2D eigenvalue weighted by Gasteiger charge is -2.26. The number of rotatable bonds is 5. The van der Waals surface area contributed by atoms with Crippen LogP contribution in [0, 0.1) is 0 Å². The number of H-pyrrole nitrogens is 1. The van der Waals surface area contributed by atoms with Crippen LogP contribution >= 0.6 is 0 Å². The number of ether oxygens (including phenoxy) is 2. The molecule has 1 aliphatic rings. The highest BCUT2D eigenvalue weighted by Gasteiger charge is 2.29. The molecule has 2 aromatic carbocycles. The Morgan fingerprint density at radius 2 is 1.89 bits per heavy atom. The van der Waals surface area contributed by atoms with Crippen molar-refractivity contribution >= 4 is 26.5 Å². The molecule has 3 aromatic rings. The normalized spacial score (nSPS) is 15.4. The van der Waals surface area contributed by atoms with Crippen molar-refractivity contribution in [3.63, 3.8) is 0 Å². The molecule has 1 aromatic heterocycles. The first-order chi connectivity index (χ1) is 13.5. The Morgan fingerprint density at radius 3 is 2.61 bits per heavy atom. The van der Waals surface area contributed by atoms with Gasteiger partial charge in [-0.1, -0.05) is 24.3 Å². The molecule has 0 fully saturated rings. The highest BCUT2D eigenvalue weighted by molar-refractivity contribution is 7.89. The molecule has 1 aliphatic heterocycles. The van der Waals surface area contributed by atoms with Gasteiger partial charge in [0.1, 0.15) is 16.4 Å². The summed E-state index contributed by atoms with van der Waals surface area (Å²) in [6.07, 6.45) is 4.64. The predicted molar refractivity (Wildman–Crippen MR) is 109 cm³/mol. The van der Waals surface area contributed by atoms with Gasteiger partial charge in [0.2, 0.25) is 10.0 Å².